The van der Waals surface area contributed by atoms with Gasteiger partial charge in [0.25, 0.3) is 5.91 Å². The van der Waals surface area contributed by atoms with Gasteiger partial charge in [-0.3, -0.25) is 14.5 Å². The summed E-state index contributed by atoms with van der Waals surface area (Å²) in [7, 11) is 0. The lowest BCUT2D eigenvalue weighted by Gasteiger charge is -2.49. The number of carboxylic acids is 1. The summed E-state index contributed by atoms with van der Waals surface area (Å²) in [6.07, 6.45) is 0. The van der Waals surface area contributed by atoms with Gasteiger partial charge in [0.1, 0.15) is 23.7 Å². The van der Waals surface area contributed by atoms with Crippen LogP contribution in [-0.2, 0) is 19.1 Å². The number of carbonyl (C=O) groups excluding carboxylic acids is 2. The summed E-state index contributed by atoms with van der Waals surface area (Å²) >= 11 is 1.42. The van der Waals surface area contributed by atoms with Crippen molar-refractivity contribution >= 4 is 46.6 Å². The molecule has 1 amide bonds. The van der Waals surface area contributed by atoms with E-state index in [4.69, 9.17) is 4.74 Å². The normalized spacial score (nSPS) is 21.7. The number of carbonyl (C=O) groups is 3. The van der Waals surface area contributed by atoms with Crippen molar-refractivity contribution in [1.29, 1.82) is 0 Å². The summed E-state index contributed by atoms with van der Waals surface area (Å²) in [5.74, 6) is -1.25. The molecule has 0 bridgehead atoms. The minimum absolute atomic E-state index is 0.104. The van der Waals surface area contributed by atoms with Crippen molar-refractivity contribution in [2.75, 3.05) is 17.7 Å². The van der Waals surface area contributed by atoms with E-state index >= 15 is 0 Å². The highest BCUT2D eigenvalue weighted by atomic mass is 32.2. The number of ether oxygens (including phenoxy) is 1. The number of para-hydroxylation sites is 2. The topological polar surface area (TPSA) is 125 Å². The zero-order chi connectivity index (χ0) is 19.1. The number of nitrogens with zero attached hydrogens (tertiary/aromatic N) is 2. The molecule has 10 heteroatoms. The number of benzene rings is 1. The molecule has 0 spiro atoms. The Bertz CT molecular complexity index is 952. The predicted octanol–water partition coefficient (Wildman–Crippen LogP) is 1.16. The van der Waals surface area contributed by atoms with Gasteiger partial charge in [-0.2, -0.15) is 0 Å². The second-order valence-electron chi connectivity index (χ2n) is 6.17. The highest BCUT2D eigenvalue weighted by molar-refractivity contribution is 8.00. The second-order valence-corrected chi connectivity index (χ2v) is 7.28. The number of nitrogens with one attached hydrogen (secondary N) is 2. The van der Waals surface area contributed by atoms with Crippen LogP contribution in [0.1, 0.15) is 6.92 Å². The molecule has 2 aliphatic heterocycles. The Balaban J connectivity index is 1.54. The molecule has 0 radical (unpaired) electrons. The average molecular weight is 388 g/mol. The van der Waals surface area contributed by atoms with E-state index in [0.29, 0.717) is 17.3 Å². The fourth-order valence-corrected chi connectivity index (χ4v) is 4.48. The van der Waals surface area contributed by atoms with Gasteiger partial charge in [0.2, 0.25) is 5.95 Å². The van der Waals surface area contributed by atoms with Crippen molar-refractivity contribution in [3.63, 3.8) is 0 Å². The standard InChI is InChI=1S/C17H16N4O5S/c1-8(22)26-6-9-7-27-15-12(14(23)21(15)13(9)16(24)25)20-17-18-10-4-2-3-5-11(10)19-17/h2-5,12,15H,6-7H2,1H3,(H,24,25)(H2,18,19,20)/t12?,15-/m1/s1. The molecule has 2 aliphatic rings. The summed E-state index contributed by atoms with van der Waals surface area (Å²) in [4.78, 5) is 44.1. The van der Waals surface area contributed by atoms with Crippen LogP contribution < -0.4 is 5.32 Å². The van der Waals surface area contributed by atoms with Crippen LogP contribution in [0.2, 0.25) is 0 Å². The Morgan fingerprint density at radius 1 is 1.44 bits per heavy atom. The summed E-state index contributed by atoms with van der Waals surface area (Å²) in [6, 6.07) is 6.90. The highest BCUT2D eigenvalue weighted by Crippen LogP contribution is 2.41. The number of esters is 1. The van der Waals surface area contributed by atoms with E-state index in [0.717, 1.165) is 11.0 Å². The molecule has 1 fully saturated rings. The molecule has 1 saturated heterocycles. The van der Waals surface area contributed by atoms with Crippen LogP contribution in [0.3, 0.4) is 0 Å². The molecule has 2 atom stereocenters. The average Bonchev–Trinajstić information content (AvgIpc) is 3.06. The SMILES string of the molecule is CC(=O)OCC1=C(C(=O)O)N2C(=O)C(Nc3nc4ccccc4[nH]3)[C@H]2SC1. The van der Waals surface area contributed by atoms with Gasteiger partial charge in [0, 0.05) is 18.2 Å². The van der Waals surface area contributed by atoms with Gasteiger partial charge >= 0.3 is 11.9 Å². The molecule has 9 nitrogen and oxygen atoms in total. The number of anilines is 1. The van der Waals surface area contributed by atoms with Gasteiger partial charge in [-0.05, 0) is 12.1 Å². The number of imidazole rings is 1. The van der Waals surface area contributed by atoms with Gasteiger partial charge < -0.3 is 20.1 Å². The summed E-state index contributed by atoms with van der Waals surface area (Å²) < 4.78 is 4.92. The first-order chi connectivity index (χ1) is 13.0. The van der Waals surface area contributed by atoms with Crippen molar-refractivity contribution in [2.45, 2.75) is 18.3 Å². The molecule has 3 heterocycles. The third-order valence-electron chi connectivity index (χ3n) is 4.38. The third kappa shape index (κ3) is 3.01. The Hall–Kier alpha value is -3.01. The fraction of sp³-hybridized carbons (Fsp3) is 0.294. The van der Waals surface area contributed by atoms with Crippen LogP contribution in [0.25, 0.3) is 11.0 Å². The number of hydrogen-bond acceptors (Lipinski definition) is 7. The molecule has 3 N–H and O–H groups in total. The zero-order valence-electron chi connectivity index (χ0n) is 14.3. The van der Waals surface area contributed by atoms with E-state index in [1.54, 1.807) is 0 Å². The van der Waals surface area contributed by atoms with Crippen LogP contribution in [0, 0.1) is 0 Å². The first-order valence-corrected chi connectivity index (χ1v) is 9.25. The number of thioether (sulfide) groups is 1. The monoisotopic (exact) mass is 388 g/mol. The van der Waals surface area contributed by atoms with E-state index in [9.17, 15) is 19.5 Å². The predicted molar refractivity (Wildman–Crippen MR) is 97.9 cm³/mol. The van der Waals surface area contributed by atoms with Crippen molar-refractivity contribution in [3.05, 3.63) is 35.5 Å². The lowest BCUT2D eigenvalue weighted by molar-refractivity contribution is -0.147. The highest BCUT2D eigenvalue weighted by Gasteiger charge is 2.54. The van der Waals surface area contributed by atoms with Gasteiger partial charge in [0.15, 0.2) is 0 Å². The molecular formula is C17H16N4O5S. The van der Waals surface area contributed by atoms with Crippen LogP contribution in [0.4, 0.5) is 5.95 Å². The molecule has 2 aromatic rings. The molecule has 0 saturated carbocycles. The minimum atomic E-state index is -1.21. The Labute approximate surface area is 157 Å². The number of carboxylic acid groups (broad SMARTS) is 1. The summed E-state index contributed by atoms with van der Waals surface area (Å²) in [5, 5.41) is 12.2. The maximum atomic E-state index is 12.6. The minimum Gasteiger partial charge on any atom is -0.477 e. The Morgan fingerprint density at radius 3 is 2.93 bits per heavy atom. The number of aromatic amines is 1. The Morgan fingerprint density at radius 2 is 2.22 bits per heavy atom. The van der Waals surface area contributed by atoms with Gasteiger partial charge in [-0.1, -0.05) is 12.1 Å². The molecule has 140 valence electrons. The van der Waals surface area contributed by atoms with E-state index in [-0.39, 0.29) is 23.6 Å². The van der Waals surface area contributed by atoms with Crippen LogP contribution in [-0.4, -0.2) is 61.6 Å². The number of aromatic nitrogens is 2. The van der Waals surface area contributed by atoms with E-state index in [2.05, 4.69) is 15.3 Å². The largest absolute Gasteiger partial charge is 0.477 e. The molecule has 1 aromatic heterocycles. The van der Waals surface area contributed by atoms with Crippen molar-refractivity contribution < 1.29 is 24.2 Å². The number of β-lactam (4-membered cyclic amide) rings is 1. The maximum Gasteiger partial charge on any atom is 0.352 e. The number of amides is 1. The van der Waals surface area contributed by atoms with E-state index in [1.165, 1.54) is 23.6 Å². The number of aliphatic carboxylic acids is 1. The number of fused-ring (bicyclic) bond motifs is 2. The summed E-state index contributed by atoms with van der Waals surface area (Å²) in [6.45, 7) is 1.12. The Kier molecular flexibility index (Phi) is 4.27. The van der Waals surface area contributed by atoms with Gasteiger partial charge in [-0.25, -0.2) is 9.78 Å². The second kappa shape index (κ2) is 6.62. The lowest BCUT2D eigenvalue weighted by atomic mass is 10.0. The lowest BCUT2D eigenvalue weighted by Crippen LogP contribution is -2.67. The molecular weight excluding hydrogens is 372 g/mol. The molecule has 0 aliphatic carbocycles. The van der Waals surface area contributed by atoms with Crippen LogP contribution in [0.5, 0.6) is 0 Å². The quantitative estimate of drug-likeness (QED) is 0.515. The third-order valence-corrected chi connectivity index (χ3v) is 5.72. The van der Waals surface area contributed by atoms with Crippen LogP contribution >= 0.6 is 11.8 Å². The van der Waals surface area contributed by atoms with Gasteiger partial charge in [-0.15, -0.1) is 11.8 Å². The molecule has 1 aromatic carbocycles. The van der Waals surface area contributed by atoms with E-state index < -0.39 is 18.0 Å². The summed E-state index contributed by atoms with van der Waals surface area (Å²) in [5.41, 5.74) is 1.92. The first-order valence-electron chi connectivity index (χ1n) is 8.20. The van der Waals surface area contributed by atoms with E-state index in [1.807, 2.05) is 24.3 Å². The number of hydrogen-bond donors (Lipinski definition) is 3. The smallest absolute Gasteiger partial charge is 0.352 e. The number of H-pyrrole nitrogens is 1. The molecule has 4 rings (SSSR count). The van der Waals surface area contributed by atoms with Crippen molar-refractivity contribution in [2.24, 2.45) is 0 Å². The van der Waals surface area contributed by atoms with Crippen molar-refractivity contribution in [3.8, 4) is 0 Å². The van der Waals surface area contributed by atoms with Gasteiger partial charge in [0.05, 0.1) is 11.0 Å². The van der Waals surface area contributed by atoms with Crippen LogP contribution in [0.15, 0.2) is 35.5 Å². The zero-order valence-corrected chi connectivity index (χ0v) is 15.1. The fourth-order valence-electron chi connectivity index (χ4n) is 3.15. The molecule has 1 unspecified atom stereocenters. The maximum absolute atomic E-state index is 12.6. The first kappa shape index (κ1) is 17.4. The molecule has 27 heavy (non-hydrogen) atoms. The van der Waals surface area contributed by atoms with Crippen molar-refractivity contribution in [1.82, 2.24) is 14.9 Å². The number of rotatable bonds is 5.